The van der Waals surface area contributed by atoms with Crippen LogP contribution in [0.4, 0.5) is 8.78 Å². The van der Waals surface area contributed by atoms with Gasteiger partial charge in [-0.2, -0.15) is 0 Å². The highest BCUT2D eigenvalue weighted by Crippen LogP contribution is 2.12. The van der Waals surface area contributed by atoms with Gasteiger partial charge in [-0.25, -0.2) is 8.78 Å². The van der Waals surface area contributed by atoms with E-state index in [9.17, 15) is 13.6 Å². The molecule has 1 atom stereocenters. The maximum absolute atomic E-state index is 13.3. The van der Waals surface area contributed by atoms with Crippen molar-refractivity contribution >= 4 is 5.78 Å². The molecule has 2 nitrogen and oxygen atoms in total. The van der Waals surface area contributed by atoms with Crippen molar-refractivity contribution in [1.29, 1.82) is 0 Å². The lowest BCUT2D eigenvalue weighted by Gasteiger charge is -2.09. The van der Waals surface area contributed by atoms with Gasteiger partial charge in [-0.1, -0.05) is 13.3 Å². The number of rotatable bonds is 6. The van der Waals surface area contributed by atoms with Gasteiger partial charge in [0.25, 0.3) is 0 Å². The first-order valence-electron chi connectivity index (χ1n) is 5.74. The van der Waals surface area contributed by atoms with E-state index in [0.717, 1.165) is 31.0 Å². The molecule has 0 aliphatic heterocycles. The summed E-state index contributed by atoms with van der Waals surface area (Å²) in [5.41, 5.74) is 5.81. The first kappa shape index (κ1) is 13.8. The summed E-state index contributed by atoms with van der Waals surface area (Å²) in [6.07, 6.45) is 1.78. The molecule has 17 heavy (non-hydrogen) atoms. The van der Waals surface area contributed by atoms with Crippen LogP contribution in [0.15, 0.2) is 18.2 Å². The van der Waals surface area contributed by atoms with E-state index in [1.807, 2.05) is 6.92 Å². The summed E-state index contributed by atoms with van der Waals surface area (Å²) in [7, 11) is 0. The van der Waals surface area contributed by atoms with E-state index < -0.39 is 11.6 Å². The lowest BCUT2D eigenvalue weighted by molar-refractivity contribution is -0.118. The Hall–Kier alpha value is -1.29. The zero-order valence-electron chi connectivity index (χ0n) is 9.88. The lowest BCUT2D eigenvalue weighted by Crippen LogP contribution is -2.24. The highest BCUT2D eigenvalue weighted by atomic mass is 19.1. The quantitative estimate of drug-likeness (QED) is 0.831. The van der Waals surface area contributed by atoms with Crippen molar-refractivity contribution in [3.63, 3.8) is 0 Å². The number of halogens is 2. The molecule has 0 bridgehead atoms. The van der Waals surface area contributed by atoms with Gasteiger partial charge in [0, 0.05) is 18.9 Å². The Kier molecular flexibility index (Phi) is 5.22. The fourth-order valence-electron chi connectivity index (χ4n) is 1.73. The van der Waals surface area contributed by atoms with E-state index in [2.05, 4.69) is 0 Å². The molecule has 0 saturated heterocycles. The predicted octanol–water partition coefficient (Wildman–Crippen LogP) is 2.59. The molecule has 0 aliphatic rings. The molecule has 0 radical (unpaired) electrons. The van der Waals surface area contributed by atoms with Crippen molar-refractivity contribution < 1.29 is 13.6 Å². The second-order valence-corrected chi connectivity index (χ2v) is 4.20. The van der Waals surface area contributed by atoms with Gasteiger partial charge in [-0.3, -0.25) is 4.79 Å². The van der Waals surface area contributed by atoms with Crippen molar-refractivity contribution in [3.05, 3.63) is 35.4 Å². The monoisotopic (exact) mass is 241 g/mol. The average Bonchev–Trinajstić information content (AvgIpc) is 2.23. The number of hydrogen-bond acceptors (Lipinski definition) is 2. The van der Waals surface area contributed by atoms with E-state index >= 15 is 0 Å². The third-order valence-electron chi connectivity index (χ3n) is 2.54. The Morgan fingerprint density at radius 2 is 2.12 bits per heavy atom. The summed E-state index contributed by atoms with van der Waals surface area (Å²) >= 11 is 0. The van der Waals surface area contributed by atoms with Crippen molar-refractivity contribution in [2.75, 3.05) is 0 Å². The molecule has 2 N–H and O–H groups in total. The van der Waals surface area contributed by atoms with Crippen molar-refractivity contribution in [3.8, 4) is 0 Å². The van der Waals surface area contributed by atoms with E-state index in [4.69, 9.17) is 5.73 Å². The Balaban J connectivity index is 2.58. The third-order valence-corrected chi connectivity index (χ3v) is 2.54. The second kappa shape index (κ2) is 6.45. The SMILES string of the molecule is CCCC(N)CC(=O)Cc1cc(F)ccc1F. The van der Waals surface area contributed by atoms with Crippen LogP contribution in [-0.2, 0) is 11.2 Å². The standard InChI is InChI=1S/C13H17F2NO/c1-2-3-11(16)8-12(17)7-9-6-10(14)4-5-13(9)15/h4-6,11H,2-3,7-8,16H2,1H3. The van der Waals surface area contributed by atoms with E-state index in [-0.39, 0.29) is 30.2 Å². The van der Waals surface area contributed by atoms with Gasteiger partial charge < -0.3 is 5.73 Å². The molecule has 0 heterocycles. The number of benzene rings is 1. The molecule has 0 amide bonds. The summed E-state index contributed by atoms with van der Waals surface area (Å²) in [6.45, 7) is 1.98. The van der Waals surface area contributed by atoms with Crippen LogP contribution in [-0.4, -0.2) is 11.8 Å². The second-order valence-electron chi connectivity index (χ2n) is 4.20. The predicted molar refractivity (Wildman–Crippen MR) is 62.6 cm³/mol. The molecule has 0 saturated carbocycles. The molecular weight excluding hydrogens is 224 g/mol. The summed E-state index contributed by atoms with van der Waals surface area (Å²) in [6, 6.07) is 2.93. The Morgan fingerprint density at radius 1 is 1.41 bits per heavy atom. The van der Waals surface area contributed by atoms with E-state index in [1.54, 1.807) is 0 Å². The molecule has 94 valence electrons. The van der Waals surface area contributed by atoms with E-state index in [0.29, 0.717) is 0 Å². The third kappa shape index (κ3) is 4.61. The lowest BCUT2D eigenvalue weighted by atomic mass is 10.0. The molecule has 4 heteroatoms. The van der Waals surface area contributed by atoms with Gasteiger partial charge in [-0.15, -0.1) is 0 Å². The van der Waals surface area contributed by atoms with Crippen LogP contribution in [0.2, 0.25) is 0 Å². The maximum atomic E-state index is 13.3. The largest absolute Gasteiger partial charge is 0.327 e. The minimum Gasteiger partial charge on any atom is -0.327 e. The highest BCUT2D eigenvalue weighted by molar-refractivity contribution is 5.81. The molecular formula is C13H17F2NO. The molecule has 1 aromatic carbocycles. The summed E-state index contributed by atoms with van der Waals surface area (Å²) in [5.74, 6) is -1.24. The van der Waals surface area contributed by atoms with Crippen LogP contribution in [0.5, 0.6) is 0 Å². The highest BCUT2D eigenvalue weighted by Gasteiger charge is 2.12. The number of hydrogen-bond donors (Lipinski definition) is 1. The normalized spacial score (nSPS) is 12.5. The number of carbonyl (C=O) groups excluding carboxylic acids is 1. The molecule has 0 aliphatic carbocycles. The summed E-state index contributed by atoms with van der Waals surface area (Å²) in [5, 5.41) is 0. The number of ketones is 1. The zero-order chi connectivity index (χ0) is 12.8. The van der Waals surface area contributed by atoms with Crippen LogP contribution in [0.3, 0.4) is 0 Å². The van der Waals surface area contributed by atoms with Gasteiger partial charge >= 0.3 is 0 Å². The number of nitrogens with two attached hydrogens (primary N) is 1. The van der Waals surface area contributed by atoms with Gasteiger partial charge in [0.2, 0.25) is 0 Å². The van der Waals surface area contributed by atoms with E-state index in [1.165, 1.54) is 0 Å². The van der Waals surface area contributed by atoms with Crippen LogP contribution in [0.25, 0.3) is 0 Å². The first-order chi connectivity index (χ1) is 8.02. The van der Waals surface area contributed by atoms with Crippen LogP contribution in [0, 0.1) is 11.6 Å². The molecule has 0 aromatic heterocycles. The fraction of sp³-hybridized carbons (Fsp3) is 0.462. The Labute approximate surface area is 99.8 Å². The summed E-state index contributed by atoms with van der Waals surface area (Å²) in [4.78, 5) is 11.6. The van der Waals surface area contributed by atoms with Gasteiger partial charge in [0.1, 0.15) is 17.4 Å². The summed E-state index contributed by atoms with van der Waals surface area (Å²) < 4.78 is 26.1. The van der Waals surface area contributed by atoms with Crippen LogP contribution in [0.1, 0.15) is 31.7 Å². The van der Waals surface area contributed by atoms with Gasteiger partial charge in [0.05, 0.1) is 0 Å². The maximum Gasteiger partial charge on any atom is 0.138 e. The zero-order valence-corrected chi connectivity index (χ0v) is 9.88. The molecule has 0 spiro atoms. The van der Waals surface area contributed by atoms with Gasteiger partial charge in [0.15, 0.2) is 0 Å². The molecule has 1 aromatic rings. The topological polar surface area (TPSA) is 43.1 Å². The van der Waals surface area contributed by atoms with Crippen molar-refractivity contribution in [1.82, 2.24) is 0 Å². The first-order valence-corrected chi connectivity index (χ1v) is 5.74. The average molecular weight is 241 g/mol. The van der Waals surface area contributed by atoms with Crippen LogP contribution < -0.4 is 5.73 Å². The fourth-order valence-corrected chi connectivity index (χ4v) is 1.73. The smallest absolute Gasteiger partial charge is 0.138 e. The van der Waals surface area contributed by atoms with Crippen molar-refractivity contribution in [2.24, 2.45) is 5.73 Å². The molecule has 1 rings (SSSR count). The minimum absolute atomic E-state index is 0.0960. The molecule has 0 fully saturated rings. The molecule has 1 unspecified atom stereocenters. The minimum atomic E-state index is -0.552. The number of Topliss-reactive ketones (excluding diaryl/α,β-unsaturated/α-hetero) is 1. The van der Waals surface area contributed by atoms with Crippen LogP contribution >= 0.6 is 0 Å². The van der Waals surface area contributed by atoms with Crippen molar-refractivity contribution in [2.45, 2.75) is 38.6 Å². The van der Waals surface area contributed by atoms with Gasteiger partial charge in [-0.05, 0) is 30.2 Å². The number of carbonyl (C=O) groups is 1. The Bertz CT molecular complexity index is 393. The Morgan fingerprint density at radius 3 is 2.76 bits per heavy atom.